The first-order valence-corrected chi connectivity index (χ1v) is 5.22. The Hall–Kier alpha value is -2.09. The average Bonchev–Trinajstić information content (AvgIpc) is 2.52. The minimum absolute atomic E-state index is 0.0123. The van der Waals surface area contributed by atoms with E-state index in [2.05, 4.69) is 0 Å². The second-order valence-corrected chi connectivity index (χ2v) is 3.74. The summed E-state index contributed by atoms with van der Waals surface area (Å²) in [6.07, 6.45) is 3.32. The molecule has 16 heavy (non-hydrogen) atoms. The van der Waals surface area contributed by atoms with Gasteiger partial charge in [0.15, 0.2) is 5.78 Å². The van der Waals surface area contributed by atoms with Crippen molar-refractivity contribution < 1.29 is 9.53 Å². The van der Waals surface area contributed by atoms with Crippen molar-refractivity contribution in [1.29, 1.82) is 0 Å². The summed E-state index contributed by atoms with van der Waals surface area (Å²) >= 11 is 0. The van der Waals surface area contributed by atoms with Crippen LogP contribution in [0.2, 0.25) is 0 Å². The van der Waals surface area contributed by atoms with Crippen LogP contribution in [0.15, 0.2) is 48.6 Å². The van der Waals surface area contributed by atoms with Crippen molar-refractivity contribution >= 4 is 16.6 Å². The van der Waals surface area contributed by atoms with Crippen LogP contribution >= 0.6 is 0 Å². The molecular weight excluding hydrogens is 200 g/mol. The van der Waals surface area contributed by atoms with Crippen molar-refractivity contribution in [3.63, 3.8) is 0 Å². The van der Waals surface area contributed by atoms with Gasteiger partial charge in [0.1, 0.15) is 12.4 Å². The summed E-state index contributed by atoms with van der Waals surface area (Å²) in [5.74, 6) is 0.714. The molecule has 2 aromatic carbocycles. The lowest BCUT2D eigenvalue weighted by Crippen LogP contribution is -1.98. The molecule has 1 heterocycles. The van der Waals surface area contributed by atoms with E-state index >= 15 is 0 Å². The molecular formula is C14H10O2. The Morgan fingerprint density at radius 1 is 1.06 bits per heavy atom. The lowest BCUT2D eigenvalue weighted by molar-refractivity contribution is 0.104. The third-order valence-corrected chi connectivity index (χ3v) is 2.74. The highest BCUT2D eigenvalue weighted by molar-refractivity contribution is 6.10. The summed E-state index contributed by atoms with van der Waals surface area (Å²) < 4.78 is 5.62. The maximum atomic E-state index is 11.8. The summed E-state index contributed by atoms with van der Waals surface area (Å²) in [6.45, 7) is 0.451. The molecule has 3 rings (SSSR count). The molecule has 0 N–H and O–H groups in total. The number of fused-ring (bicyclic) bond motifs is 3. The Bertz CT molecular complexity index is 597. The van der Waals surface area contributed by atoms with E-state index in [1.165, 1.54) is 0 Å². The van der Waals surface area contributed by atoms with Gasteiger partial charge < -0.3 is 4.74 Å². The van der Waals surface area contributed by atoms with Gasteiger partial charge in [-0.2, -0.15) is 0 Å². The topological polar surface area (TPSA) is 26.3 Å². The quantitative estimate of drug-likeness (QED) is 0.668. The van der Waals surface area contributed by atoms with Crippen LogP contribution in [0.4, 0.5) is 0 Å². The number of ketones is 1. The molecule has 0 atom stereocenters. The largest absolute Gasteiger partial charge is 0.488 e. The lowest BCUT2D eigenvalue weighted by Gasteiger charge is -2.09. The molecule has 0 aliphatic carbocycles. The molecule has 1 aliphatic rings. The zero-order chi connectivity index (χ0) is 11.0. The molecule has 0 saturated heterocycles. The third kappa shape index (κ3) is 1.31. The summed E-state index contributed by atoms with van der Waals surface area (Å²) in [7, 11) is 0. The van der Waals surface area contributed by atoms with Gasteiger partial charge in [0.05, 0.1) is 5.56 Å². The van der Waals surface area contributed by atoms with Crippen molar-refractivity contribution in [3.05, 3.63) is 54.1 Å². The van der Waals surface area contributed by atoms with Gasteiger partial charge in [-0.3, -0.25) is 4.79 Å². The first-order chi connectivity index (χ1) is 7.86. The molecule has 0 unspecified atom stereocenters. The highest BCUT2D eigenvalue weighted by atomic mass is 16.5. The number of carbonyl (C=O) groups excluding carboxylic acids is 1. The molecule has 0 fully saturated rings. The molecule has 2 aromatic rings. The number of allylic oxidation sites excluding steroid dienone is 1. The lowest BCUT2D eigenvalue weighted by atomic mass is 10.0. The second-order valence-electron chi connectivity index (χ2n) is 3.74. The van der Waals surface area contributed by atoms with E-state index in [-0.39, 0.29) is 5.78 Å². The van der Waals surface area contributed by atoms with E-state index in [4.69, 9.17) is 4.74 Å². The first-order valence-electron chi connectivity index (χ1n) is 5.22. The fraction of sp³-hybridized carbons (Fsp3) is 0.0714. The van der Waals surface area contributed by atoms with Crippen molar-refractivity contribution in [2.75, 3.05) is 6.61 Å². The van der Waals surface area contributed by atoms with Gasteiger partial charge in [0.25, 0.3) is 0 Å². The van der Waals surface area contributed by atoms with Crippen LogP contribution in [-0.4, -0.2) is 12.4 Å². The molecule has 0 aromatic heterocycles. The van der Waals surface area contributed by atoms with E-state index in [1.54, 1.807) is 12.2 Å². The smallest absolute Gasteiger partial charge is 0.189 e. The molecule has 2 nitrogen and oxygen atoms in total. The van der Waals surface area contributed by atoms with Crippen LogP contribution in [0.1, 0.15) is 10.4 Å². The minimum atomic E-state index is 0.0123. The predicted molar refractivity (Wildman–Crippen MR) is 62.9 cm³/mol. The van der Waals surface area contributed by atoms with E-state index in [0.29, 0.717) is 17.9 Å². The first kappa shape index (κ1) is 9.16. The van der Waals surface area contributed by atoms with Crippen molar-refractivity contribution in [3.8, 4) is 5.75 Å². The monoisotopic (exact) mass is 210 g/mol. The summed E-state index contributed by atoms with van der Waals surface area (Å²) in [4.78, 5) is 11.8. The summed E-state index contributed by atoms with van der Waals surface area (Å²) in [5.41, 5.74) is 0.646. The maximum Gasteiger partial charge on any atom is 0.189 e. The van der Waals surface area contributed by atoms with Crippen LogP contribution in [0.5, 0.6) is 5.75 Å². The molecule has 0 amide bonds. The second kappa shape index (κ2) is 3.49. The Labute approximate surface area is 93.2 Å². The number of carbonyl (C=O) groups is 1. The number of benzene rings is 2. The highest BCUT2D eigenvalue weighted by Crippen LogP contribution is 2.31. The average molecular weight is 210 g/mol. The molecule has 1 aliphatic heterocycles. The third-order valence-electron chi connectivity index (χ3n) is 2.74. The predicted octanol–water partition coefficient (Wildman–Crippen LogP) is 2.97. The SMILES string of the molecule is O=C1C=CCOc2c1ccc1ccccc21. The Kier molecular flexibility index (Phi) is 2.00. The zero-order valence-electron chi connectivity index (χ0n) is 8.64. The number of hydrogen-bond donors (Lipinski definition) is 0. The highest BCUT2D eigenvalue weighted by Gasteiger charge is 2.15. The molecule has 78 valence electrons. The molecule has 2 heteroatoms. The van der Waals surface area contributed by atoms with Gasteiger partial charge in [-0.1, -0.05) is 30.3 Å². The molecule has 0 saturated carbocycles. The van der Waals surface area contributed by atoms with Gasteiger partial charge in [0, 0.05) is 5.39 Å². The van der Waals surface area contributed by atoms with E-state index in [9.17, 15) is 4.79 Å². The van der Waals surface area contributed by atoms with Crippen LogP contribution in [0.3, 0.4) is 0 Å². The normalized spacial score (nSPS) is 14.4. The van der Waals surface area contributed by atoms with Gasteiger partial charge in [-0.05, 0) is 23.6 Å². The van der Waals surface area contributed by atoms with Crippen LogP contribution in [0, 0.1) is 0 Å². The molecule has 0 spiro atoms. The fourth-order valence-electron chi connectivity index (χ4n) is 1.97. The number of hydrogen-bond acceptors (Lipinski definition) is 2. The fourth-order valence-corrected chi connectivity index (χ4v) is 1.97. The van der Waals surface area contributed by atoms with Gasteiger partial charge in [-0.15, -0.1) is 0 Å². The standard InChI is InChI=1S/C14H10O2/c15-13-6-3-9-16-14-11-5-2-1-4-10(11)7-8-12(13)14/h1-8H,9H2. The van der Waals surface area contributed by atoms with Gasteiger partial charge >= 0.3 is 0 Å². The van der Waals surface area contributed by atoms with E-state index in [1.807, 2.05) is 36.4 Å². The summed E-state index contributed by atoms with van der Waals surface area (Å²) in [5, 5.41) is 2.09. The summed E-state index contributed by atoms with van der Waals surface area (Å²) in [6, 6.07) is 11.7. The number of ether oxygens (including phenoxy) is 1. The molecule has 0 radical (unpaired) electrons. The Morgan fingerprint density at radius 2 is 1.94 bits per heavy atom. The Balaban J connectivity index is 2.35. The van der Waals surface area contributed by atoms with Crippen LogP contribution in [0.25, 0.3) is 10.8 Å². The van der Waals surface area contributed by atoms with Crippen molar-refractivity contribution in [1.82, 2.24) is 0 Å². The van der Waals surface area contributed by atoms with Crippen molar-refractivity contribution in [2.45, 2.75) is 0 Å². The van der Waals surface area contributed by atoms with Gasteiger partial charge in [-0.25, -0.2) is 0 Å². The minimum Gasteiger partial charge on any atom is -0.488 e. The van der Waals surface area contributed by atoms with Crippen LogP contribution < -0.4 is 4.74 Å². The molecule has 0 bridgehead atoms. The van der Waals surface area contributed by atoms with Gasteiger partial charge in [0.2, 0.25) is 0 Å². The number of rotatable bonds is 0. The Morgan fingerprint density at radius 3 is 2.88 bits per heavy atom. The van der Waals surface area contributed by atoms with E-state index < -0.39 is 0 Å². The van der Waals surface area contributed by atoms with Crippen molar-refractivity contribution in [2.24, 2.45) is 0 Å². The maximum absolute atomic E-state index is 11.8. The van der Waals surface area contributed by atoms with E-state index in [0.717, 1.165) is 10.8 Å². The zero-order valence-corrected chi connectivity index (χ0v) is 8.64. The van der Waals surface area contributed by atoms with Crippen LogP contribution in [-0.2, 0) is 0 Å².